The highest BCUT2D eigenvalue weighted by Gasteiger charge is 2.20. The molecule has 182 valence electrons. The molecule has 1 aromatic heterocycles. The molecule has 0 bridgehead atoms. The van der Waals surface area contributed by atoms with Crippen LogP contribution < -0.4 is 4.31 Å². The zero-order chi connectivity index (χ0) is 25.2. The molecule has 4 rings (SSSR count). The molecular formula is C27H30N4O3S. The molecule has 8 heteroatoms. The van der Waals surface area contributed by atoms with Gasteiger partial charge in [0, 0.05) is 29.6 Å². The molecule has 35 heavy (non-hydrogen) atoms. The second kappa shape index (κ2) is 9.93. The maximum Gasteiger partial charge on any atom is 0.232 e. The van der Waals surface area contributed by atoms with Crippen molar-refractivity contribution in [3.05, 3.63) is 89.5 Å². The van der Waals surface area contributed by atoms with Crippen LogP contribution in [-0.4, -0.2) is 62.6 Å². The summed E-state index contributed by atoms with van der Waals surface area (Å²) in [6, 6.07) is 22.8. The zero-order valence-electron chi connectivity index (χ0n) is 20.4. The Bertz CT molecular complexity index is 1450. The number of anilines is 1. The first-order valence-electron chi connectivity index (χ1n) is 11.3. The largest absolute Gasteiger partial charge is 0.494 e. The van der Waals surface area contributed by atoms with Crippen molar-refractivity contribution in [1.29, 1.82) is 0 Å². The average Bonchev–Trinajstić information content (AvgIpc) is 3.13. The van der Waals surface area contributed by atoms with Gasteiger partial charge >= 0.3 is 0 Å². The normalized spacial score (nSPS) is 12.4. The predicted octanol–water partition coefficient (Wildman–Crippen LogP) is 4.68. The molecule has 0 saturated heterocycles. The van der Waals surface area contributed by atoms with Crippen molar-refractivity contribution in [1.82, 2.24) is 9.88 Å². The van der Waals surface area contributed by atoms with E-state index in [0.29, 0.717) is 35.7 Å². The van der Waals surface area contributed by atoms with E-state index in [1.54, 1.807) is 24.3 Å². The highest BCUT2D eigenvalue weighted by Crippen LogP contribution is 2.32. The van der Waals surface area contributed by atoms with Crippen molar-refractivity contribution in [2.45, 2.75) is 6.92 Å². The van der Waals surface area contributed by atoms with Gasteiger partial charge in [-0.15, -0.1) is 0 Å². The van der Waals surface area contributed by atoms with Crippen LogP contribution >= 0.6 is 0 Å². The number of fused-ring (bicyclic) bond motifs is 1. The second-order valence-electron chi connectivity index (χ2n) is 8.88. The molecule has 0 spiro atoms. The van der Waals surface area contributed by atoms with Gasteiger partial charge in [0.15, 0.2) is 5.88 Å². The Morgan fingerprint density at radius 1 is 0.943 bits per heavy atom. The molecule has 3 aromatic carbocycles. The van der Waals surface area contributed by atoms with Gasteiger partial charge in [-0.05, 0) is 51.4 Å². The number of hydrogen-bond donors (Lipinski definition) is 2. The lowest BCUT2D eigenvalue weighted by Crippen LogP contribution is -2.35. The van der Waals surface area contributed by atoms with Gasteiger partial charge in [-0.1, -0.05) is 48.0 Å². The summed E-state index contributed by atoms with van der Waals surface area (Å²) in [4.78, 5) is 9.89. The number of hydrogen-bond acceptors (Lipinski definition) is 5. The lowest BCUT2D eigenvalue weighted by atomic mass is 10.00. The second-order valence-corrected chi connectivity index (χ2v) is 10.8. The maximum absolute atomic E-state index is 12.4. The number of rotatable bonds is 8. The smallest absolute Gasteiger partial charge is 0.232 e. The molecular weight excluding hydrogens is 460 g/mol. The third kappa shape index (κ3) is 5.55. The van der Waals surface area contributed by atoms with E-state index in [1.807, 2.05) is 74.4 Å². The number of H-pyrrole nitrogens is 1. The van der Waals surface area contributed by atoms with Crippen molar-refractivity contribution >= 4 is 38.0 Å². The van der Waals surface area contributed by atoms with Crippen molar-refractivity contribution in [2.24, 2.45) is 4.99 Å². The summed E-state index contributed by atoms with van der Waals surface area (Å²) in [6.07, 6.45) is 1.21. The highest BCUT2D eigenvalue weighted by atomic mass is 32.2. The van der Waals surface area contributed by atoms with Crippen molar-refractivity contribution in [2.75, 3.05) is 37.7 Å². The zero-order valence-corrected chi connectivity index (χ0v) is 21.2. The molecule has 0 unspecified atom stereocenters. The maximum atomic E-state index is 12.4. The fraction of sp³-hybridized carbons (Fsp3) is 0.222. The Balaban J connectivity index is 1.79. The minimum Gasteiger partial charge on any atom is -0.494 e. The minimum atomic E-state index is -3.43. The molecule has 0 saturated carbocycles. The number of nitrogens with one attached hydrogen (secondary N) is 1. The van der Waals surface area contributed by atoms with Crippen LogP contribution in [0.3, 0.4) is 0 Å². The molecule has 0 fully saturated rings. The highest BCUT2D eigenvalue weighted by molar-refractivity contribution is 7.92. The monoisotopic (exact) mass is 490 g/mol. The first-order valence-corrected chi connectivity index (χ1v) is 13.2. The number of nitrogens with zero attached hydrogens (tertiary/aromatic N) is 3. The molecule has 0 amide bonds. The lowest BCUT2D eigenvalue weighted by Gasteiger charge is -2.24. The summed E-state index contributed by atoms with van der Waals surface area (Å²) < 4.78 is 26.2. The quantitative estimate of drug-likeness (QED) is 0.351. The van der Waals surface area contributed by atoms with Crippen molar-refractivity contribution in [3.8, 4) is 5.88 Å². The Labute approximate surface area is 206 Å². The van der Waals surface area contributed by atoms with Gasteiger partial charge < -0.3 is 15.0 Å². The van der Waals surface area contributed by atoms with Crippen LogP contribution in [0.15, 0.2) is 77.8 Å². The van der Waals surface area contributed by atoms with E-state index in [-0.39, 0.29) is 5.88 Å². The van der Waals surface area contributed by atoms with Crippen LogP contribution in [0.5, 0.6) is 5.88 Å². The number of aromatic hydroxyl groups is 1. The number of aromatic nitrogens is 1. The van der Waals surface area contributed by atoms with E-state index < -0.39 is 10.0 Å². The van der Waals surface area contributed by atoms with Crippen molar-refractivity contribution < 1.29 is 13.5 Å². The minimum absolute atomic E-state index is 0.0501. The van der Waals surface area contributed by atoms with E-state index in [9.17, 15) is 13.5 Å². The SMILES string of the molecule is Cc1ccc(C(=Nc2ccc(N(CCN(C)C)S(C)(=O)=O)cc2)c2c(O)[nH]c3ccccc23)cc1. The molecule has 7 nitrogen and oxygen atoms in total. The van der Waals surface area contributed by atoms with Gasteiger partial charge in [-0.2, -0.15) is 0 Å². The summed E-state index contributed by atoms with van der Waals surface area (Å²) in [5, 5.41) is 11.7. The number of para-hydroxylation sites is 1. The summed E-state index contributed by atoms with van der Waals surface area (Å²) in [7, 11) is 0.387. The van der Waals surface area contributed by atoms with E-state index in [0.717, 1.165) is 22.0 Å². The third-order valence-corrected chi connectivity index (χ3v) is 6.97. The van der Waals surface area contributed by atoms with E-state index in [4.69, 9.17) is 4.99 Å². The molecule has 2 N–H and O–H groups in total. The molecule has 0 atom stereocenters. The van der Waals surface area contributed by atoms with E-state index >= 15 is 0 Å². The van der Waals surface area contributed by atoms with Gasteiger partial charge in [-0.3, -0.25) is 4.31 Å². The van der Waals surface area contributed by atoms with Gasteiger partial charge in [0.2, 0.25) is 10.0 Å². The molecule has 0 aliphatic rings. The molecule has 1 heterocycles. The van der Waals surface area contributed by atoms with Crippen LogP contribution in [0.2, 0.25) is 0 Å². The molecule has 0 aliphatic heterocycles. The predicted molar refractivity (Wildman–Crippen MR) is 144 cm³/mol. The number of aliphatic imine (C=N–C) groups is 1. The topological polar surface area (TPSA) is 89.0 Å². The van der Waals surface area contributed by atoms with Crippen molar-refractivity contribution in [3.63, 3.8) is 0 Å². The van der Waals surface area contributed by atoms with Gasteiger partial charge in [0.05, 0.1) is 28.9 Å². The van der Waals surface area contributed by atoms with Crippen LogP contribution in [0, 0.1) is 6.92 Å². The molecule has 0 radical (unpaired) electrons. The van der Waals surface area contributed by atoms with Crippen LogP contribution in [0.4, 0.5) is 11.4 Å². The Morgan fingerprint density at radius 2 is 1.60 bits per heavy atom. The third-order valence-electron chi connectivity index (χ3n) is 5.78. The summed E-state index contributed by atoms with van der Waals surface area (Å²) in [5.74, 6) is 0.0501. The molecule has 4 aromatic rings. The average molecular weight is 491 g/mol. The number of aryl methyl sites for hydroxylation is 1. The standard InChI is InChI=1S/C27H30N4O3S/c1-19-9-11-20(12-10-19)26(25-23-7-5-6-8-24(23)29-27(25)32)28-21-13-15-22(16-14-21)31(35(4,33)34)18-17-30(2)3/h5-16,29,32H,17-18H2,1-4H3. The van der Waals surface area contributed by atoms with Gasteiger partial charge in [0.25, 0.3) is 0 Å². The van der Waals surface area contributed by atoms with Crippen LogP contribution in [0.25, 0.3) is 10.9 Å². The fourth-order valence-electron chi connectivity index (χ4n) is 3.94. The number of benzene rings is 3. The lowest BCUT2D eigenvalue weighted by molar-refractivity contribution is 0.419. The fourth-order valence-corrected chi connectivity index (χ4v) is 4.86. The van der Waals surface area contributed by atoms with Gasteiger partial charge in [-0.25, -0.2) is 13.4 Å². The Morgan fingerprint density at radius 3 is 2.23 bits per heavy atom. The summed E-state index contributed by atoms with van der Waals surface area (Å²) in [5.41, 5.74) is 5.29. The number of likely N-dealkylation sites (N-methyl/N-ethyl adjacent to an activating group) is 1. The summed E-state index contributed by atoms with van der Waals surface area (Å²) in [6.45, 7) is 2.98. The number of aromatic amines is 1. The Hall–Kier alpha value is -3.62. The van der Waals surface area contributed by atoms with Gasteiger partial charge in [0.1, 0.15) is 0 Å². The summed E-state index contributed by atoms with van der Waals surface area (Å²) >= 11 is 0. The first kappa shape index (κ1) is 24.5. The molecule has 0 aliphatic carbocycles. The van der Waals surface area contributed by atoms with Crippen LogP contribution in [-0.2, 0) is 10.0 Å². The van der Waals surface area contributed by atoms with E-state index in [2.05, 4.69) is 4.98 Å². The first-order chi connectivity index (χ1) is 16.6. The van der Waals surface area contributed by atoms with Crippen LogP contribution in [0.1, 0.15) is 16.7 Å². The number of sulfonamides is 1. The Kier molecular flexibility index (Phi) is 6.95. The van der Waals surface area contributed by atoms with E-state index in [1.165, 1.54) is 10.6 Å².